The first-order chi connectivity index (χ1) is 9.13. The van der Waals surface area contributed by atoms with E-state index < -0.39 is 0 Å². The quantitative estimate of drug-likeness (QED) is 0.755. The van der Waals surface area contributed by atoms with Gasteiger partial charge < -0.3 is 0 Å². The van der Waals surface area contributed by atoms with E-state index in [1.807, 2.05) is 30.3 Å². The van der Waals surface area contributed by atoms with Gasteiger partial charge in [0, 0.05) is 5.56 Å². The van der Waals surface area contributed by atoms with E-state index in [9.17, 15) is 9.18 Å². The van der Waals surface area contributed by atoms with Crippen LogP contribution in [-0.4, -0.2) is 5.78 Å². The van der Waals surface area contributed by atoms with Crippen LogP contribution in [0.25, 0.3) is 0 Å². The first-order valence-corrected chi connectivity index (χ1v) is 6.50. The van der Waals surface area contributed by atoms with Crippen LogP contribution >= 0.6 is 0 Å². The van der Waals surface area contributed by atoms with Crippen LogP contribution in [-0.2, 0) is 5.41 Å². The zero-order chi connectivity index (χ0) is 13.5. The van der Waals surface area contributed by atoms with Crippen molar-refractivity contribution in [3.8, 4) is 0 Å². The normalized spacial score (nSPS) is 16.1. The molecule has 1 fully saturated rings. The van der Waals surface area contributed by atoms with Crippen molar-refractivity contribution in [2.75, 3.05) is 0 Å². The molecule has 2 heteroatoms. The maximum atomic E-state index is 13.1. The first kappa shape index (κ1) is 12.1. The van der Waals surface area contributed by atoms with Gasteiger partial charge in [0.15, 0.2) is 5.78 Å². The maximum absolute atomic E-state index is 13.1. The van der Waals surface area contributed by atoms with E-state index in [2.05, 4.69) is 0 Å². The van der Waals surface area contributed by atoms with Gasteiger partial charge in [-0.05, 0) is 49.1 Å². The predicted octanol–water partition coefficient (Wildman–Crippen LogP) is 4.05. The molecule has 1 aliphatic carbocycles. The molecule has 0 radical (unpaired) electrons. The second kappa shape index (κ2) is 4.30. The summed E-state index contributed by atoms with van der Waals surface area (Å²) in [5.74, 6) is -0.171. The summed E-state index contributed by atoms with van der Waals surface area (Å²) in [5.41, 5.74) is 2.06. The lowest BCUT2D eigenvalue weighted by Gasteiger charge is -2.16. The number of Topliss-reactive ketones (excluding diaryl/α,β-unsaturated/α-hetero) is 1. The lowest BCUT2D eigenvalue weighted by Crippen LogP contribution is -2.21. The van der Waals surface area contributed by atoms with Gasteiger partial charge >= 0.3 is 0 Å². The van der Waals surface area contributed by atoms with Gasteiger partial charge in [0.05, 0.1) is 5.41 Å². The molecule has 0 atom stereocenters. The molecule has 0 spiro atoms. The van der Waals surface area contributed by atoms with Gasteiger partial charge in [-0.1, -0.05) is 30.3 Å². The number of carbonyl (C=O) groups excluding carboxylic acids is 1. The second-order valence-electron chi connectivity index (χ2n) is 5.24. The zero-order valence-electron chi connectivity index (χ0n) is 10.8. The molecule has 19 heavy (non-hydrogen) atoms. The second-order valence-corrected chi connectivity index (χ2v) is 5.24. The van der Waals surface area contributed by atoms with E-state index in [-0.39, 0.29) is 17.0 Å². The van der Waals surface area contributed by atoms with Gasteiger partial charge in [0.25, 0.3) is 0 Å². The van der Waals surface area contributed by atoms with Crippen molar-refractivity contribution in [3.05, 3.63) is 71.0 Å². The van der Waals surface area contributed by atoms with Gasteiger partial charge in [-0.25, -0.2) is 4.39 Å². The average Bonchev–Trinajstić information content (AvgIpc) is 3.20. The molecule has 0 aliphatic heterocycles. The van der Waals surface area contributed by atoms with Crippen molar-refractivity contribution in [2.24, 2.45) is 0 Å². The fourth-order valence-electron chi connectivity index (χ4n) is 2.67. The Hall–Kier alpha value is -1.96. The molecule has 2 aromatic carbocycles. The van der Waals surface area contributed by atoms with Crippen LogP contribution in [0.5, 0.6) is 0 Å². The SMILES string of the molecule is Cc1cc(F)ccc1C(=O)C1(c2ccccc2)CC1. The lowest BCUT2D eigenvalue weighted by atomic mass is 9.86. The Labute approximate surface area is 112 Å². The summed E-state index contributed by atoms with van der Waals surface area (Å²) < 4.78 is 13.1. The Morgan fingerprint density at radius 1 is 1.11 bits per heavy atom. The Morgan fingerprint density at radius 3 is 2.37 bits per heavy atom. The van der Waals surface area contributed by atoms with Gasteiger partial charge in [0.1, 0.15) is 5.82 Å². The van der Waals surface area contributed by atoms with Gasteiger partial charge in [-0.15, -0.1) is 0 Å². The van der Waals surface area contributed by atoms with Gasteiger partial charge in [0.2, 0.25) is 0 Å². The largest absolute Gasteiger partial charge is 0.293 e. The summed E-state index contributed by atoms with van der Waals surface area (Å²) in [6.45, 7) is 1.79. The van der Waals surface area contributed by atoms with E-state index in [1.165, 1.54) is 12.1 Å². The molecular formula is C17H15FO. The van der Waals surface area contributed by atoms with Gasteiger partial charge in [-0.3, -0.25) is 4.79 Å². The minimum absolute atomic E-state index is 0.121. The maximum Gasteiger partial charge on any atom is 0.173 e. The standard InChI is InChI=1S/C17H15FO/c1-12-11-14(18)7-8-15(12)16(19)17(9-10-17)13-5-3-2-4-6-13/h2-8,11H,9-10H2,1H3. The van der Waals surface area contributed by atoms with E-state index in [0.29, 0.717) is 11.1 Å². The number of hydrogen-bond acceptors (Lipinski definition) is 1. The molecular weight excluding hydrogens is 239 g/mol. The Bertz CT molecular complexity index is 627. The highest BCUT2D eigenvalue weighted by atomic mass is 19.1. The number of aryl methyl sites for hydroxylation is 1. The number of rotatable bonds is 3. The molecule has 1 saturated carbocycles. The molecule has 2 aromatic rings. The molecule has 0 N–H and O–H groups in total. The van der Waals surface area contributed by atoms with Crippen LogP contribution in [0.15, 0.2) is 48.5 Å². The lowest BCUT2D eigenvalue weighted by molar-refractivity contribution is 0.0945. The van der Waals surface area contributed by atoms with Crippen molar-refractivity contribution in [2.45, 2.75) is 25.2 Å². The van der Waals surface area contributed by atoms with Crippen molar-refractivity contribution in [1.82, 2.24) is 0 Å². The van der Waals surface area contributed by atoms with E-state index >= 15 is 0 Å². The first-order valence-electron chi connectivity index (χ1n) is 6.50. The number of benzene rings is 2. The molecule has 1 nitrogen and oxygen atoms in total. The summed E-state index contributed by atoms with van der Waals surface area (Å²) in [6, 6.07) is 14.3. The third-order valence-corrected chi connectivity index (χ3v) is 3.94. The van der Waals surface area contributed by atoms with Crippen molar-refractivity contribution >= 4 is 5.78 Å². The minimum atomic E-state index is -0.371. The molecule has 0 amide bonds. The van der Waals surface area contributed by atoms with Crippen LogP contribution in [0.2, 0.25) is 0 Å². The Morgan fingerprint density at radius 2 is 1.79 bits per heavy atom. The molecule has 0 bridgehead atoms. The molecule has 0 saturated heterocycles. The molecule has 96 valence electrons. The highest BCUT2D eigenvalue weighted by molar-refractivity contribution is 6.07. The summed E-state index contributed by atoms with van der Waals surface area (Å²) in [5, 5.41) is 0. The number of ketones is 1. The third kappa shape index (κ3) is 1.97. The topological polar surface area (TPSA) is 17.1 Å². The third-order valence-electron chi connectivity index (χ3n) is 3.94. The van der Waals surface area contributed by atoms with E-state index in [4.69, 9.17) is 0 Å². The molecule has 1 aliphatic rings. The number of hydrogen-bond donors (Lipinski definition) is 0. The summed E-state index contributed by atoms with van der Waals surface area (Å²) >= 11 is 0. The van der Waals surface area contributed by atoms with Crippen LogP contribution < -0.4 is 0 Å². The summed E-state index contributed by atoms with van der Waals surface area (Å²) in [7, 11) is 0. The smallest absolute Gasteiger partial charge is 0.173 e. The van der Waals surface area contributed by atoms with E-state index in [0.717, 1.165) is 18.4 Å². The highest BCUT2D eigenvalue weighted by Gasteiger charge is 2.51. The van der Waals surface area contributed by atoms with Crippen LogP contribution in [0, 0.1) is 12.7 Å². The molecule has 3 rings (SSSR count). The molecule has 0 unspecified atom stereocenters. The molecule has 0 heterocycles. The van der Waals surface area contributed by atoms with Crippen molar-refractivity contribution < 1.29 is 9.18 Å². The number of halogens is 1. The highest BCUT2D eigenvalue weighted by Crippen LogP contribution is 2.50. The molecule has 0 aromatic heterocycles. The summed E-state index contributed by atoms with van der Waals surface area (Å²) in [6.07, 6.45) is 1.76. The van der Waals surface area contributed by atoms with Gasteiger partial charge in [-0.2, -0.15) is 0 Å². The predicted molar refractivity (Wildman–Crippen MR) is 72.8 cm³/mol. The number of carbonyl (C=O) groups is 1. The van der Waals surface area contributed by atoms with Crippen LogP contribution in [0.1, 0.15) is 34.3 Å². The Kier molecular flexibility index (Phi) is 2.74. The zero-order valence-corrected chi connectivity index (χ0v) is 10.8. The van der Waals surface area contributed by atoms with E-state index in [1.54, 1.807) is 13.0 Å². The Balaban J connectivity index is 2.01. The fraction of sp³-hybridized carbons (Fsp3) is 0.235. The minimum Gasteiger partial charge on any atom is -0.293 e. The summed E-state index contributed by atoms with van der Waals surface area (Å²) in [4.78, 5) is 12.7. The fourth-order valence-corrected chi connectivity index (χ4v) is 2.67. The van der Waals surface area contributed by atoms with Crippen molar-refractivity contribution in [1.29, 1.82) is 0 Å². The average molecular weight is 254 g/mol. The van der Waals surface area contributed by atoms with Crippen LogP contribution in [0.3, 0.4) is 0 Å². The van der Waals surface area contributed by atoms with Crippen molar-refractivity contribution in [3.63, 3.8) is 0 Å². The van der Waals surface area contributed by atoms with Crippen LogP contribution in [0.4, 0.5) is 4.39 Å². The monoisotopic (exact) mass is 254 g/mol.